The molecule has 1 heterocycles. The van der Waals surface area contributed by atoms with Crippen LogP contribution < -0.4 is 9.47 Å². The first-order chi connectivity index (χ1) is 19.4. The predicted molar refractivity (Wildman–Crippen MR) is 152 cm³/mol. The van der Waals surface area contributed by atoms with Gasteiger partial charge in [0, 0.05) is 56.7 Å². The van der Waals surface area contributed by atoms with Crippen LogP contribution in [0, 0.1) is 21.4 Å². The summed E-state index contributed by atoms with van der Waals surface area (Å²) in [5.74, 6) is 0.705. The number of nitrogens with zero attached hydrogens (tertiary/aromatic N) is 3. The molecule has 1 amide bonds. The van der Waals surface area contributed by atoms with Crippen LogP contribution in [-0.2, 0) is 15.9 Å². The highest BCUT2D eigenvalue weighted by molar-refractivity contribution is 6.32. The highest BCUT2D eigenvalue weighted by atomic mass is 35.5. The van der Waals surface area contributed by atoms with E-state index >= 15 is 0 Å². The fourth-order valence-corrected chi connectivity index (χ4v) is 4.38. The van der Waals surface area contributed by atoms with Gasteiger partial charge in [0.2, 0.25) is 0 Å². The quantitative estimate of drug-likeness (QED) is 0.216. The number of hydrogen-bond donors (Lipinski definition) is 1. The number of ether oxygens (including phenoxy) is 4. The van der Waals surface area contributed by atoms with Crippen LogP contribution in [0.25, 0.3) is 6.08 Å². The second-order valence-corrected chi connectivity index (χ2v) is 10.9. The van der Waals surface area contributed by atoms with Gasteiger partial charge in [0.15, 0.2) is 6.79 Å². The van der Waals surface area contributed by atoms with Gasteiger partial charge in [0.25, 0.3) is 5.69 Å². The summed E-state index contributed by atoms with van der Waals surface area (Å²) in [6.07, 6.45) is 2.25. The molecule has 1 unspecified atom stereocenters. The molecule has 0 aliphatic carbocycles. The van der Waals surface area contributed by atoms with Crippen LogP contribution in [0.3, 0.4) is 0 Å². The second-order valence-electron chi connectivity index (χ2n) is 10.5. The lowest BCUT2D eigenvalue weighted by atomic mass is 10.0. The first-order valence-corrected chi connectivity index (χ1v) is 13.4. The zero-order valence-electron chi connectivity index (χ0n) is 23.5. The van der Waals surface area contributed by atoms with E-state index in [1.165, 1.54) is 25.3 Å². The minimum absolute atomic E-state index is 0.00489. The first-order valence-electron chi connectivity index (χ1n) is 13.0. The van der Waals surface area contributed by atoms with Gasteiger partial charge in [-0.2, -0.15) is 5.26 Å². The predicted octanol–water partition coefficient (Wildman–Crippen LogP) is 5.50. The Balaban J connectivity index is 1.73. The molecule has 0 bridgehead atoms. The maximum atomic E-state index is 12.3. The van der Waals surface area contributed by atoms with E-state index in [0.29, 0.717) is 42.8 Å². The highest BCUT2D eigenvalue weighted by Crippen LogP contribution is 2.35. The van der Waals surface area contributed by atoms with Crippen molar-refractivity contribution in [2.24, 2.45) is 0 Å². The number of aliphatic hydroxyl groups excluding tert-OH is 1. The molecule has 12 heteroatoms. The van der Waals surface area contributed by atoms with E-state index in [9.17, 15) is 25.3 Å². The Bertz CT molecular complexity index is 1310. The molecule has 1 saturated heterocycles. The summed E-state index contributed by atoms with van der Waals surface area (Å²) in [5.41, 5.74) is 0.334. The molecule has 0 aromatic heterocycles. The number of nitro benzene ring substituents is 1. The zero-order valence-corrected chi connectivity index (χ0v) is 24.2. The third-order valence-corrected chi connectivity index (χ3v) is 6.41. The van der Waals surface area contributed by atoms with Crippen molar-refractivity contribution >= 4 is 29.5 Å². The van der Waals surface area contributed by atoms with E-state index in [0.717, 1.165) is 0 Å². The van der Waals surface area contributed by atoms with E-state index < -0.39 is 16.6 Å². The number of halogens is 1. The van der Waals surface area contributed by atoms with Gasteiger partial charge in [-0.25, -0.2) is 4.79 Å². The zero-order chi connectivity index (χ0) is 30.2. The summed E-state index contributed by atoms with van der Waals surface area (Å²) in [7, 11) is 1.48. The smallest absolute Gasteiger partial charge is 0.410 e. The van der Waals surface area contributed by atoms with Crippen molar-refractivity contribution in [3.05, 3.63) is 68.2 Å². The molecule has 0 saturated carbocycles. The molecule has 41 heavy (non-hydrogen) atoms. The molecule has 1 aliphatic heterocycles. The number of hydrogen-bond acceptors (Lipinski definition) is 9. The molecular weight excluding hydrogens is 554 g/mol. The van der Waals surface area contributed by atoms with E-state index in [1.54, 1.807) is 29.2 Å². The van der Waals surface area contributed by atoms with Gasteiger partial charge in [0.05, 0.1) is 27.7 Å². The maximum absolute atomic E-state index is 12.3. The molecule has 1 fully saturated rings. The lowest BCUT2D eigenvalue weighted by Crippen LogP contribution is -2.44. The van der Waals surface area contributed by atoms with Crippen LogP contribution in [0.4, 0.5) is 10.5 Å². The van der Waals surface area contributed by atoms with Crippen molar-refractivity contribution in [2.75, 3.05) is 27.0 Å². The van der Waals surface area contributed by atoms with Crippen molar-refractivity contribution < 1.29 is 33.8 Å². The van der Waals surface area contributed by atoms with Crippen molar-refractivity contribution in [3.63, 3.8) is 0 Å². The molecule has 3 rings (SSSR count). The minimum Gasteiger partial charge on any atom is -0.489 e. The highest BCUT2D eigenvalue weighted by Gasteiger charge is 2.29. The van der Waals surface area contributed by atoms with E-state index in [-0.39, 0.29) is 47.4 Å². The van der Waals surface area contributed by atoms with Crippen molar-refractivity contribution in [2.45, 2.75) is 57.8 Å². The number of carbonyl (C=O) groups excluding carboxylic acids is 1. The molecule has 0 radical (unpaired) electrons. The molecular formula is C29H34ClN3O8. The minimum atomic E-state index is -1.11. The average molecular weight is 588 g/mol. The third kappa shape index (κ3) is 9.35. The van der Waals surface area contributed by atoms with Crippen molar-refractivity contribution in [1.29, 1.82) is 5.26 Å². The molecule has 11 nitrogen and oxygen atoms in total. The largest absolute Gasteiger partial charge is 0.489 e. The fourth-order valence-electron chi connectivity index (χ4n) is 4.18. The molecule has 0 spiro atoms. The summed E-state index contributed by atoms with van der Waals surface area (Å²) in [5, 5.41) is 31.8. The Morgan fingerprint density at radius 2 is 1.98 bits per heavy atom. The molecule has 2 aromatic rings. The molecule has 220 valence electrons. The number of nitriles is 1. The number of aliphatic hydroxyl groups is 1. The van der Waals surface area contributed by atoms with Gasteiger partial charge in [-0.15, -0.1) is 0 Å². The Morgan fingerprint density at radius 1 is 1.27 bits per heavy atom. The summed E-state index contributed by atoms with van der Waals surface area (Å²) in [4.78, 5) is 25.2. The van der Waals surface area contributed by atoms with Crippen LogP contribution in [0.15, 0.2) is 36.4 Å². The monoisotopic (exact) mass is 587 g/mol. The van der Waals surface area contributed by atoms with Crippen LogP contribution in [0.5, 0.6) is 11.5 Å². The SMILES string of the molecule is COCOc1ccc(C#N)cc1/C=C/C(O)Cc1cc(OC2CCN(C(=O)OC(C)(C)C)CC2)c(Cl)cc1[N+](=O)[O-]. The van der Waals surface area contributed by atoms with E-state index in [1.807, 2.05) is 26.8 Å². The number of amides is 1. The van der Waals surface area contributed by atoms with Gasteiger partial charge in [-0.05, 0) is 45.0 Å². The Hall–Kier alpha value is -3.85. The number of piperidine rings is 1. The van der Waals surface area contributed by atoms with Gasteiger partial charge in [-0.3, -0.25) is 10.1 Å². The Labute approximate surface area is 244 Å². The normalized spacial score (nSPS) is 14.9. The average Bonchev–Trinajstić information content (AvgIpc) is 2.91. The molecule has 1 N–H and O–H groups in total. The summed E-state index contributed by atoms with van der Waals surface area (Å²) in [6.45, 7) is 6.29. The molecule has 1 atom stereocenters. The number of rotatable bonds is 10. The third-order valence-electron chi connectivity index (χ3n) is 6.12. The number of methoxy groups -OCH3 is 1. The lowest BCUT2D eigenvalue weighted by Gasteiger charge is -2.33. The summed E-state index contributed by atoms with van der Waals surface area (Å²) in [6, 6.07) is 9.55. The number of likely N-dealkylation sites (tertiary alicyclic amines) is 1. The number of carbonyl (C=O) groups is 1. The first kappa shape index (κ1) is 31.7. The second kappa shape index (κ2) is 14.2. The maximum Gasteiger partial charge on any atom is 0.410 e. The van der Waals surface area contributed by atoms with Crippen LogP contribution in [-0.4, -0.2) is 65.8 Å². The number of benzene rings is 2. The Kier molecular flexibility index (Phi) is 10.9. The number of nitro groups is 1. The van der Waals surface area contributed by atoms with Crippen LogP contribution >= 0.6 is 11.6 Å². The van der Waals surface area contributed by atoms with Crippen LogP contribution in [0.1, 0.15) is 50.3 Å². The van der Waals surface area contributed by atoms with Crippen LogP contribution in [0.2, 0.25) is 5.02 Å². The van der Waals surface area contributed by atoms with Gasteiger partial charge in [-0.1, -0.05) is 23.8 Å². The van der Waals surface area contributed by atoms with E-state index in [4.69, 9.17) is 30.5 Å². The lowest BCUT2D eigenvalue weighted by molar-refractivity contribution is -0.385. The standard InChI is InChI=1S/C29H34ClN3O8/c1-29(2,3)41-28(35)32-11-9-23(10-12-32)40-27-15-21(25(33(36)37)16-24(27)30)14-22(34)7-6-20-13-19(17-31)5-8-26(20)39-18-38-4/h5-8,13,15-16,22-23,34H,9-12,14,18H2,1-4H3/b7-6+. The summed E-state index contributed by atoms with van der Waals surface area (Å²) >= 11 is 6.34. The van der Waals surface area contributed by atoms with Crippen molar-refractivity contribution in [3.8, 4) is 17.6 Å². The molecule has 1 aliphatic rings. The topological polar surface area (TPSA) is 144 Å². The Morgan fingerprint density at radius 3 is 2.59 bits per heavy atom. The summed E-state index contributed by atoms with van der Waals surface area (Å²) < 4.78 is 22.0. The fraction of sp³-hybridized carbons (Fsp3) is 0.448. The van der Waals surface area contributed by atoms with Crippen molar-refractivity contribution in [1.82, 2.24) is 4.90 Å². The van der Waals surface area contributed by atoms with Gasteiger partial charge < -0.3 is 29.0 Å². The van der Waals surface area contributed by atoms with E-state index in [2.05, 4.69) is 0 Å². The molecule has 2 aromatic carbocycles. The van der Waals surface area contributed by atoms with Gasteiger partial charge >= 0.3 is 6.09 Å². The van der Waals surface area contributed by atoms with Gasteiger partial charge in [0.1, 0.15) is 23.2 Å².